The lowest BCUT2D eigenvalue weighted by atomic mass is 10.1. The second-order valence-corrected chi connectivity index (χ2v) is 7.88. The summed E-state index contributed by atoms with van der Waals surface area (Å²) in [4.78, 5) is 24.3. The van der Waals surface area contributed by atoms with E-state index in [1.165, 1.54) is 24.3 Å². The maximum atomic E-state index is 12.2. The fourth-order valence-electron chi connectivity index (χ4n) is 2.64. The van der Waals surface area contributed by atoms with Gasteiger partial charge in [-0.1, -0.05) is 32.0 Å². The largest absolute Gasteiger partial charge is 0.452 e. The van der Waals surface area contributed by atoms with Gasteiger partial charge in [-0.25, -0.2) is 17.9 Å². The highest BCUT2D eigenvalue weighted by Crippen LogP contribution is 2.21. The van der Waals surface area contributed by atoms with Crippen LogP contribution in [0.4, 0.5) is 5.69 Å². The third-order valence-electron chi connectivity index (χ3n) is 4.07. The Morgan fingerprint density at radius 2 is 1.71 bits per heavy atom. The lowest BCUT2D eigenvalue weighted by Crippen LogP contribution is -2.23. The number of sulfonamides is 1. The Balaban J connectivity index is 1.98. The molecule has 0 aromatic heterocycles. The number of hydrogen-bond donors (Lipinski definition) is 2. The van der Waals surface area contributed by atoms with Gasteiger partial charge >= 0.3 is 5.97 Å². The summed E-state index contributed by atoms with van der Waals surface area (Å²) < 4.78 is 31.2. The van der Waals surface area contributed by atoms with Crippen molar-refractivity contribution < 1.29 is 22.7 Å². The molecular formula is C20H24N2O5S. The van der Waals surface area contributed by atoms with Crippen LogP contribution in [0.15, 0.2) is 47.4 Å². The molecule has 2 aromatic carbocycles. The molecule has 8 heteroatoms. The van der Waals surface area contributed by atoms with Crippen molar-refractivity contribution in [1.29, 1.82) is 0 Å². The quantitative estimate of drug-likeness (QED) is 0.659. The Morgan fingerprint density at radius 3 is 2.32 bits per heavy atom. The first-order chi connectivity index (χ1) is 13.3. The number of carbonyl (C=O) groups is 2. The average molecular weight is 404 g/mol. The molecule has 0 unspecified atom stereocenters. The zero-order valence-corrected chi connectivity index (χ0v) is 16.9. The first kappa shape index (κ1) is 21.6. The number of aryl methyl sites for hydroxylation is 2. The van der Waals surface area contributed by atoms with Gasteiger partial charge in [0.2, 0.25) is 10.0 Å². The molecule has 0 aliphatic carbocycles. The molecule has 0 saturated carbocycles. The first-order valence-electron chi connectivity index (χ1n) is 8.93. The van der Waals surface area contributed by atoms with Crippen LogP contribution < -0.4 is 10.0 Å². The molecule has 0 aliphatic heterocycles. The van der Waals surface area contributed by atoms with E-state index in [9.17, 15) is 18.0 Å². The van der Waals surface area contributed by atoms with Crippen molar-refractivity contribution in [2.75, 3.05) is 18.5 Å². The maximum Gasteiger partial charge on any atom is 0.338 e. The molecule has 0 radical (unpaired) electrons. The SMILES string of the molecule is CCNS(=O)(=O)c1ccc(C(=O)OCC(=O)Nc2c(C)cccc2CC)cc1. The average Bonchev–Trinajstić information content (AvgIpc) is 2.67. The number of ether oxygens (including phenoxy) is 1. The van der Waals surface area contributed by atoms with Gasteiger partial charge in [-0.05, 0) is 48.7 Å². The van der Waals surface area contributed by atoms with E-state index in [1.807, 2.05) is 32.0 Å². The number of anilines is 1. The molecule has 0 aliphatic rings. The molecular weight excluding hydrogens is 380 g/mol. The van der Waals surface area contributed by atoms with Gasteiger partial charge in [0.05, 0.1) is 10.5 Å². The number of carbonyl (C=O) groups excluding carboxylic acids is 2. The summed E-state index contributed by atoms with van der Waals surface area (Å²) in [6, 6.07) is 11.1. The Bertz CT molecular complexity index is 953. The molecule has 2 aromatic rings. The van der Waals surface area contributed by atoms with Gasteiger partial charge in [-0.15, -0.1) is 0 Å². The summed E-state index contributed by atoms with van der Waals surface area (Å²) in [5.41, 5.74) is 2.81. The minimum Gasteiger partial charge on any atom is -0.452 e. The summed E-state index contributed by atoms with van der Waals surface area (Å²) in [5.74, 6) is -1.15. The van der Waals surface area contributed by atoms with Crippen LogP contribution >= 0.6 is 0 Å². The van der Waals surface area contributed by atoms with Crippen LogP contribution in [0.2, 0.25) is 0 Å². The van der Waals surface area contributed by atoms with Crippen LogP contribution in [0.1, 0.15) is 35.3 Å². The van der Waals surface area contributed by atoms with Gasteiger partial charge in [-0.2, -0.15) is 0 Å². The van der Waals surface area contributed by atoms with Crippen LogP contribution in [0.3, 0.4) is 0 Å². The first-order valence-corrected chi connectivity index (χ1v) is 10.4. The van der Waals surface area contributed by atoms with Gasteiger partial charge in [0.1, 0.15) is 0 Å². The highest BCUT2D eigenvalue weighted by Gasteiger charge is 2.16. The second kappa shape index (κ2) is 9.48. The van der Waals surface area contributed by atoms with E-state index < -0.39 is 28.5 Å². The fraction of sp³-hybridized carbons (Fsp3) is 0.300. The van der Waals surface area contributed by atoms with Gasteiger partial charge in [0.15, 0.2) is 6.61 Å². The van der Waals surface area contributed by atoms with Crippen LogP contribution in [-0.2, 0) is 26.0 Å². The molecule has 2 N–H and O–H groups in total. The lowest BCUT2D eigenvalue weighted by Gasteiger charge is -2.13. The summed E-state index contributed by atoms with van der Waals surface area (Å²) in [5, 5.41) is 2.78. The molecule has 0 bridgehead atoms. The maximum absolute atomic E-state index is 12.2. The Hall–Kier alpha value is -2.71. The molecule has 1 amide bonds. The summed E-state index contributed by atoms with van der Waals surface area (Å²) in [6.45, 7) is 5.39. The Kier molecular flexibility index (Phi) is 7.31. The van der Waals surface area contributed by atoms with Crippen LogP contribution in [0.5, 0.6) is 0 Å². The fourth-order valence-corrected chi connectivity index (χ4v) is 3.68. The van der Waals surface area contributed by atoms with E-state index >= 15 is 0 Å². The molecule has 0 fully saturated rings. The highest BCUT2D eigenvalue weighted by molar-refractivity contribution is 7.89. The van der Waals surface area contributed by atoms with Crippen LogP contribution in [0, 0.1) is 6.92 Å². The Morgan fingerprint density at radius 1 is 1.04 bits per heavy atom. The molecule has 0 saturated heterocycles. The number of nitrogens with one attached hydrogen (secondary N) is 2. The molecule has 7 nitrogen and oxygen atoms in total. The van der Waals surface area contributed by atoms with Gasteiger partial charge in [0, 0.05) is 12.2 Å². The van der Waals surface area contributed by atoms with E-state index in [0.717, 1.165) is 23.2 Å². The van der Waals surface area contributed by atoms with E-state index in [1.54, 1.807) is 6.92 Å². The summed E-state index contributed by atoms with van der Waals surface area (Å²) >= 11 is 0. The second-order valence-electron chi connectivity index (χ2n) is 6.11. The van der Waals surface area contributed by atoms with Crippen molar-refractivity contribution in [3.8, 4) is 0 Å². The number of benzene rings is 2. The monoisotopic (exact) mass is 404 g/mol. The van der Waals surface area contributed by atoms with Crippen molar-refractivity contribution >= 4 is 27.6 Å². The van der Waals surface area contributed by atoms with Crippen molar-refractivity contribution in [2.45, 2.75) is 32.1 Å². The highest BCUT2D eigenvalue weighted by atomic mass is 32.2. The molecule has 28 heavy (non-hydrogen) atoms. The predicted octanol–water partition coefficient (Wildman–Crippen LogP) is 2.65. The lowest BCUT2D eigenvalue weighted by molar-refractivity contribution is -0.119. The van der Waals surface area contributed by atoms with Crippen molar-refractivity contribution in [1.82, 2.24) is 4.72 Å². The minimum atomic E-state index is -3.59. The van der Waals surface area contributed by atoms with Crippen molar-refractivity contribution in [3.05, 3.63) is 59.2 Å². The van der Waals surface area contributed by atoms with E-state index in [4.69, 9.17) is 4.74 Å². The zero-order valence-electron chi connectivity index (χ0n) is 16.1. The zero-order chi connectivity index (χ0) is 20.7. The van der Waals surface area contributed by atoms with Crippen LogP contribution in [-0.4, -0.2) is 33.4 Å². The van der Waals surface area contributed by atoms with E-state index in [0.29, 0.717) is 0 Å². The number of amides is 1. The topological polar surface area (TPSA) is 102 Å². The van der Waals surface area contributed by atoms with Gasteiger partial charge in [-0.3, -0.25) is 4.79 Å². The van der Waals surface area contributed by atoms with E-state index in [2.05, 4.69) is 10.0 Å². The van der Waals surface area contributed by atoms with Gasteiger partial charge < -0.3 is 10.1 Å². The van der Waals surface area contributed by atoms with Crippen LogP contribution in [0.25, 0.3) is 0 Å². The molecule has 0 heterocycles. The normalized spacial score (nSPS) is 11.1. The van der Waals surface area contributed by atoms with Crippen molar-refractivity contribution in [2.24, 2.45) is 0 Å². The third kappa shape index (κ3) is 5.40. The smallest absolute Gasteiger partial charge is 0.338 e. The number of para-hydroxylation sites is 1. The van der Waals surface area contributed by atoms with Gasteiger partial charge in [0.25, 0.3) is 5.91 Å². The number of rotatable bonds is 8. The predicted molar refractivity (Wildman–Crippen MR) is 107 cm³/mol. The minimum absolute atomic E-state index is 0.0512. The summed E-state index contributed by atoms with van der Waals surface area (Å²) in [6.07, 6.45) is 0.763. The third-order valence-corrected chi connectivity index (χ3v) is 5.63. The summed E-state index contributed by atoms with van der Waals surface area (Å²) in [7, 11) is -3.59. The molecule has 0 spiro atoms. The number of hydrogen-bond acceptors (Lipinski definition) is 5. The van der Waals surface area contributed by atoms with E-state index in [-0.39, 0.29) is 17.0 Å². The number of esters is 1. The standard InChI is InChI=1S/C20H24N2O5S/c1-4-15-8-6-7-14(3)19(15)22-18(23)13-27-20(24)16-9-11-17(12-10-16)28(25,26)21-5-2/h6-12,21H,4-5,13H2,1-3H3,(H,22,23). The molecule has 2 rings (SSSR count). The molecule has 150 valence electrons. The van der Waals surface area contributed by atoms with Crippen molar-refractivity contribution in [3.63, 3.8) is 0 Å². The molecule has 0 atom stereocenters. The Labute approximate surface area is 165 Å².